The summed E-state index contributed by atoms with van der Waals surface area (Å²) < 4.78 is 6.37. The van der Waals surface area contributed by atoms with Crippen molar-refractivity contribution in [2.75, 3.05) is 19.7 Å². The lowest BCUT2D eigenvalue weighted by atomic mass is 9.82. The Labute approximate surface area is 169 Å². The normalized spacial score (nSPS) is 28.9. The molecule has 0 spiro atoms. The van der Waals surface area contributed by atoms with Gasteiger partial charge in [0.05, 0.1) is 12.7 Å². The molecule has 0 radical (unpaired) electrons. The number of hydrogen-bond donors (Lipinski definition) is 1. The molecule has 2 atom stereocenters. The third kappa shape index (κ3) is 5.22. The molecule has 0 bridgehead atoms. The van der Waals surface area contributed by atoms with E-state index in [-0.39, 0.29) is 6.04 Å². The fraction of sp³-hybridized carbons (Fsp3) is 0.520. The Morgan fingerprint density at radius 2 is 1.54 bits per heavy atom. The summed E-state index contributed by atoms with van der Waals surface area (Å²) in [5.74, 6) is 1.16. The minimum absolute atomic E-state index is 0.271. The number of ether oxygens (including phenoxy) is 1. The molecule has 2 unspecified atom stereocenters. The quantitative estimate of drug-likeness (QED) is 0.800. The highest BCUT2D eigenvalue weighted by Crippen LogP contribution is 2.34. The smallest absolute Gasteiger partial charge is 0.0575 e. The van der Waals surface area contributed by atoms with E-state index < -0.39 is 0 Å². The average molecular weight is 379 g/mol. The Bertz CT molecular complexity index is 697. The Morgan fingerprint density at radius 3 is 2.25 bits per heavy atom. The molecule has 1 heterocycles. The number of benzene rings is 2. The molecule has 0 aromatic heterocycles. The van der Waals surface area contributed by atoms with Crippen molar-refractivity contribution in [2.45, 2.75) is 56.7 Å². The monoisotopic (exact) mass is 378 g/mol. The van der Waals surface area contributed by atoms with E-state index in [0.29, 0.717) is 17.9 Å². The van der Waals surface area contributed by atoms with Gasteiger partial charge in [-0.3, -0.25) is 4.90 Å². The summed E-state index contributed by atoms with van der Waals surface area (Å²) in [5, 5.41) is 0. The first-order valence-corrected chi connectivity index (χ1v) is 11.0. The van der Waals surface area contributed by atoms with Gasteiger partial charge in [0.2, 0.25) is 0 Å². The van der Waals surface area contributed by atoms with Crippen molar-refractivity contribution in [3.63, 3.8) is 0 Å². The summed E-state index contributed by atoms with van der Waals surface area (Å²) in [4.78, 5) is 2.54. The van der Waals surface area contributed by atoms with E-state index in [2.05, 4.69) is 65.6 Å². The highest BCUT2D eigenvalue weighted by molar-refractivity contribution is 5.20. The molecule has 1 aliphatic carbocycles. The second-order valence-electron chi connectivity index (χ2n) is 8.65. The molecule has 2 aromatic rings. The van der Waals surface area contributed by atoms with Crippen LogP contribution in [0.3, 0.4) is 0 Å². The molecule has 0 amide bonds. The molecule has 2 fully saturated rings. The lowest BCUT2D eigenvalue weighted by molar-refractivity contribution is -0.0162. The average Bonchev–Trinajstić information content (AvgIpc) is 2.76. The predicted octanol–water partition coefficient (Wildman–Crippen LogP) is 4.58. The summed E-state index contributed by atoms with van der Waals surface area (Å²) in [7, 11) is 0. The Kier molecular flexibility index (Phi) is 6.79. The van der Waals surface area contributed by atoms with Crippen LogP contribution in [0.1, 0.15) is 49.1 Å². The molecule has 1 saturated carbocycles. The summed E-state index contributed by atoms with van der Waals surface area (Å²) >= 11 is 0. The molecule has 2 aromatic carbocycles. The van der Waals surface area contributed by atoms with E-state index in [1.807, 2.05) is 0 Å². The molecule has 3 nitrogen and oxygen atoms in total. The first kappa shape index (κ1) is 19.6. The van der Waals surface area contributed by atoms with E-state index in [0.717, 1.165) is 32.7 Å². The molecule has 4 rings (SSSR count). The molecular weight excluding hydrogens is 344 g/mol. The Morgan fingerprint density at radius 1 is 0.857 bits per heavy atom. The van der Waals surface area contributed by atoms with Crippen LogP contribution in [0, 0.1) is 5.92 Å². The van der Waals surface area contributed by atoms with E-state index in [1.54, 1.807) is 0 Å². The van der Waals surface area contributed by atoms with Crippen molar-refractivity contribution < 1.29 is 4.74 Å². The zero-order valence-corrected chi connectivity index (χ0v) is 16.9. The van der Waals surface area contributed by atoms with Crippen LogP contribution in [-0.4, -0.2) is 36.7 Å². The minimum Gasteiger partial charge on any atom is -0.378 e. The van der Waals surface area contributed by atoms with Crippen molar-refractivity contribution >= 4 is 0 Å². The van der Waals surface area contributed by atoms with Gasteiger partial charge in [-0.2, -0.15) is 0 Å². The van der Waals surface area contributed by atoms with Gasteiger partial charge in [0.1, 0.15) is 0 Å². The molecule has 1 saturated heterocycles. The van der Waals surface area contributed by atoms with Crippen LogP contribution in [-0.2, 0) is 11.3 Å². The fourth-order valence-corrected chi connectivity index (χ4v) is 4.83. The van der Waals surface area contributed by atoms with Gasteiger partial charge >= 0.3 is 0 Å². The van der Waals surface area contributed by atoms with E-state index in [1.165, 1.54) is 36.8 Å². The lowest BCUT2D eigenvalue weighted by Gasteiger charge is -2.38. The molecule has 150 valence electrons. The highest BCUT2D eigenvalue weighted by atomic mass is 16.5. The van der Waals surface area contributed by atoms with Gasteiger partial charge in [-0.05, 0) is 55.7 Å². The van der Waals surface area contributed by atoms with E-state index in [9.17, 15) is 0 Å². The fourth-order valence-electron chi connectivity index (χ4n) is 4.83. The highest BCUT2D eigenvalue weighted by Gasteiger charge is 2.29. The number of likely N-dealkylation sites (tertiary alicyclic amines) is 1. The van der Waals surface area contributed by atoms with Crippen LogP contribution in [0.2, 0.25) is 0 Å². The van der Waals surface area contributed by atoms with Gasteiger partial charge in [-0.25, -0.2) is 0 Å². The van der Waals surface area contributed by atoms with Gasteiger partial charge in [0.15, 0.2) is 0 Å². The van der Waals surface area contributed by atoms with Crippen LogP contribution in [0.25, 0.3) is 0 Å². The predicted molar refractivity (Wildman–Crippen MR) is 115 cm³/mol. The number of hydrogen-bond acceptors (Lipinski definition) is 3. The van der Waals surface area contributed by atoms with Crippen molar-refractivity contribution in [3.05, 3.63) is 71.8 Å². The topological polar surface area (TPSA) is 38.5 Å². The molecule has 2 aliphatic rings. The van der Waals surface area contributed by atoms with Crippen molar-refractivity contribution in [3.8, 4) is 0 Å². The third-order valence-corrected chi connectivity index (χ3v) is 6.62. The van der Waals surface area contributed by atoms with Gasteiger partial charge in [0, 0.05) is 25.0 Å². The zero-order valence-electron chi connectivity index (χ0n) is 16.9. The maximum atomic E-state index is 6.44. The Hall–Kier alpha value is -1.68. The zero-order chi connectivity index (χ0) is 19.2. The van der Waals surface area contributed by atoms with Crippen LogP contribution < -0.4 is 5.73 Å². The molecular formula is C25H34N2O. The number of piperidine rings is 1. The van der Waals surface area contributed by atoms with Gasteiger partial charge in [-0.1, -0.05) is 60.7 Å². The minimum atomic E-state index is 0.271. The molecule has 2 N–H and O–H groups in total. The molecule has 1 aliphatic heterocycles. The second-order valence-corrected chi connectivity index (χ2v) is 8.65. The maximum Gasteiger partial charge on any atom is 0.0575 e. The van der Waals surface area contributed by atoms with Crippen LogP contribution >= 0.6 is 0 Å². The van der Waals surface area contributed by atoms with Crippen LogP contribution in [0.5, 0.6) is 0 Å². The second kappa shape index (κ2) is 9.69. The van der Waals surface area contributed by atoms with E-state index >= 15 is 0 Å². The first-order valence-electron chi connectivity index (χ1n) is 11.0. The SMILES string of the molecule is NC1CCN(Cc2ccccc2)CC1COC1CCC(c2ccccc2)CC1. The summed E-state index contributed by atoms with van der Waals surface area (Å²) in [6, 6.07) is 22.0. The van der Waals surface area contributed by atoms with Crippen molar-refractivity contribution in [1.82, 2.24) is 4.90 Å². The summed E-state index contributed by atoms with van der Waals surface area (Å²) in [5.41, 5.74) is 9.32. The standard InChI is InChI=1S/C25H34N2O/c26-25-15-16-27(17-20-7-3-1-4-8-20)18-23(25)19-28-24-13-11-22(12-14-24)21-9-5-2-6-10-21/h1-10,22-25H,11-19,26H2. The van der Waals surface area contributed by atoms with Crippen molar-refractivity contribution in [1.29, 1.82) is 0 Å². The maximum absolute atomic E-state index is 6.44. The number of nitrogens with two attached hydrogens (primary N) is 1. The lowest BCUT2D eigenvalue weighted by Crippen LogP contribution is -2.48. The van der Waals surface area contributed by atoms with Crippen LogP contribution in [0.15, 0.2) is 60.7 Å². The number of rotatable bonds is 6. The largest absolute Gasteiger partial charge is 0.378 e. The van der Waals surface area contributed by atoms with Gasteiger partial charge in [0.25, 0.3) is 0 Å². The number of nitrogens with zero attached hydrogens (tertiary/aromatic N) is 1. The third-order valence-electron chi connectivity index (χ3n) is 6.62. The molecule has 28 heavy (non-hydrogen) atoms. The Balaban J connectivity index is 1.23. The summed E-state index contributed by atoms with van der Waals surface area (Å²) in [6.07, 6.45) is 6.32. The summed E-state index contributed by atoms with van der Waals surface area (Å²) in [6.45, 7) is 3.98. The van der Waals surface area contributed by atoms with E-state index in [4.69, 9.17) is 10.5 Å². The van der Waals surface area contributed by atoms with Crippen LogP contribution in [0.4, 0.5) is 0 Å². The molecule has 3 heteroatoms. The van der Waals surface area contributed by atoms with Crippen molar-refractivity contribution in [2.24, 2.45) is 11.7 Å². The first-order chi connectivity index (χ1) is 13.8. The van der Waals surface area contributed by atoms with Gasteiger partial charge < -0.3 is 10.5 Å². The van der Waals surface area contributed by atoms with Gasteiger partial charge in [-0.15, -0.1) is 0 Å².